The third kappa shape index (κ3) is 4.93. The van der Waals surface area contributed by atoms with Crippen molar-refractivity contribution in [2.24, 2.45) is 0 Å². The molecule has 1 aliphatic heterocycles. The van der Waals surface area contributed by atoms with Crippen molar-refractivity contribution in [3.8, 4) is 11.3 Å². The standard InChI is InChI=1S/C25H25F2N7O2S/c1-14(2)34-15(3)30-23-18(26)10-17(11-20(23)34)22-19(27)13-29-25(32-22)31-21-5-4-16(12-28-21)24(35)33-6-8-37(36)9-7-33/h4-5,10-14H,6-9H2,1-3H3,(H,28,29,31,32). The lowest BCUT2D eigenvalue weighted by molar-refractivity contribution is 0.0771. The Hall–Kier alpha value is -3.80. The number of pyridine rings is 1. The molecule has 1 N–H and O–H groups in total. The number of fused-ring (bicyclic) bond motifs is 1. The van der Waals surface area contributed by atoms with Crippen molar-refractivity contribution in [1.29, 1.82) is 0 Å². The molecule has 3 aromatic heterocycles. The summed E-state index contributed by atoms with van der Waals surface area (Å²) in [5.41, 5.74) is 1.36. The molecule has 1 aromatic carbocycles. The Kier molecular flexibility index (Phi) is 6.67. The second-order valence-corrected chi connectivity index (χ2v) is 10.7. The van der Waals surface area contributed by atoms with Crippen LogP contribution in [0.15, 0.2) is 36.7 Å². The smallest absolute Gasteiger partial charge is 0.255 e. The molecule has 4 heterocycles. The zero-order valence-corrected chi connectivity index (χ0v) is 21.4. The van der Waals surface area contributed by atoms with E-state index in [1.54, 1.807) is 30.0 Å². The first kappa shape index (κ1) is 24.9. The van der Waals surface area contributed by atoms with Crippen molar-refractivity contribution in [2.75, 3.05) is 29.9 Å². The Morgan fingerprint density at radius 3 is 2.49 bits per heavy atom. The van der Waals surface area contributed by atoms with Crippen molar-refractivity contribution in [3.05, 3.63) is 59.7 Å². The van der Waals surface area contributed by atoms with Gasteiger partial charge in [0.15, 0.2) is 11.6 Å². The van der Waals surface area contributed by atoms with Gasteiger partial charge in [-0.1, -0.05) is 0 Å². The van der Waals surface area contributed by atoms with Crippen molar-refractivity contribution in [2.45, 2.75) is 26.8 Å². The largest absolute Gasteiger partial charge is 0.337 e. The molecule has 0 saturated carbocycles. The van der Waals surface area contributed by atoms with E-state index in [0.717, 1.165) is 6.20 Å². The van der Waals surface area contributed by atoms with E-state index in [1.165, 1.54) is 12.3 Å². The maximum absolute atomic E-state index is 14.9. The summed E-state index contributed by atoms with van der Waals surface area (Å²) >= 11 is 0. The van der Waals surface area contributed by atoms with Gasteiger partial charge in [-0.3, -0.25) is 9.00 Å². The highest BCUT2D eigenvalue weighted by molar-refractivity contribution is 7.85. The van der Waals surface area contributed by atoms with Crippen LogP contribution in [0.1, 0.15) is 36.1 Å². The Bertz CT molecular complexity index is 1510. The highest BCUT2D eigenvalue weighted by Gasteiger charge is 2.22. The van der Waals surface area contributed by atoms with Gasteiger partial charge in [0, 0.05) is 53.2 Å². The van der Waals surface area contributed by atoms with E-state index >= 15 is 0 Å². The zero-order chi connectivity index (χ0) is 26.3. The average Bonchev–Trinajstić information content (AvgIpc) is 3.22. The molecule has 1 fully saturated rings. The molecule has 0 atom stereocenters. The van der Waals surface area contributed by atoms with Crippen molar-refractivity contribution in [3.63, 3.8) is 0 Å². The van der Waals surface area contributed by atoms with Crippen molar-refractivity contribution in [1.82, 2.24) is 29.4 Å². The normalized spacial score (nSPS) is 14.5. The first-order valence-corrected chi connectivity index (χ1v) is 13.3. The van der Waals surface area contributed by atoms with Gasteiger partial charge in [0.05, 0.1) is 17.3 Å². The number of halogens is 2. The summed E-state index contributed by atoms with van der Waals surface area (Å²) in [4.78, 5) is 31.1. The summed E-state index contributed by atoms with van der Waals surface area (Å²) in [5.74, 6) is 0.578. The van der Waals surface area contributed by atoms with Crippen LogP contribution >= 0.6 is 0 Å². The molecule has 0 bridgehead atoms. The lowest BCUT2D eigenvalue weighted by atomic mass is 10.1. The van der Waals surface area contributed by atoms with Gasteiger partial charge in [-0.05, 0) is 45.0 Å². The van der Waals surface area contributed by atoms with Crippen LogP contribution in [-0.4, -0.2) is 64.1 Å². The van der Waals surface area contributed by atoms with Gasteiger partial charge in [0.25, 0.3) is 5.91 Å². The SMILES string of the molecule is Cc1nc2c(F)cc(-c3nc(Nc4ccc(C(=O)N5CCS(=O)CC5)cn4)ncc3F)cc2n1C(C)C. The van der Waals surface area contributed by atoms with Crippen molar-refractivity contribution >= 4 is 39.5 Å². The zero-order valence-electron chi connectivity index (χ0n) is 20.5. The number of imidazole rings is 1. The molecule has 12 heteroatoms. The molecular weight excluding hydrogens is 500 g/mol. The fraction of sp³-hybridized carbons (Fsp3) is 0.320. The fourth-order valence-electron chi connectivity index (χ4n) is 4.42. The first-order valence-electron chi connectivity index (χ1n) is 11.8. The number of aryl methyl sites for hydroxylation is 1. The monoisotopic (exact) mass is 525 g/mol. The van der Waals surface area contributed by atoms with E-state index < -0.39 is 22.4 Å². The van der Waals surface area contributed by atoms with Gasteiger partial charge in [0.1, 0.15) is 22.9 Å². The Morgan fingerprint density at radius 2 is 1.81 bits per heavy atom. The summed E-state index contributed by atoms with van der Waals surface area (Å²) < 4.78 is 43.1. The van der Waals surface area contributed by atoms with Gasteiger partial charge in [-0.25, -0.2) is 28.7 Å². The minimum absolute atomic E-state index is 0.0342. The minimum atomic E-state index is -0.874. The maximum Gasteiger partial charge on any atom is 0.255 e. The summed E-state index contributed by atoms with van der Waals surface area (Å²) in [6, 6.07) is 6.13. The quantitative estimate of drug-likeness (QED) is 0.420. The number of nitrogens with one attached hydrogen (secondary N) is 1. The van der Waals surface area contributed by atoms with Crippen LogP contribution in [0.25, 0.3) is 22.3 Å². The van der Waals surface area contributed by atoms with Crippen LogP contribution in [0, 0.1) is 18.6 Å². The topological polar surface area (TPSA) is 106 Å². The molecule has 9 nitrogen and oxygen atoms in total. The van der Waals surface area contributed by atoms with Crippen LogP contribution in [0.2, 0.25) is 0 Å². The van der Waals surface area contributed by atoms with E-state index in [4.69, 9.17) is 0 Å². The third-order valence-electron chi connectivity index (χ3n) is 6.17. The lowest BCUT2D eigenvalue weighted by Crippen LogP contribution is -2.41. The molecule has 0 aliphatic carbocycles. The molecule has 0 unspecified atom stereocenters. The number of carbonyl (C=O) groups is 1. The fourth-order valence-corrected chi connectivity index (χ4v) is 5.47. The average molecular weight is 526 g/mol. The molecule has 4 aromatic rings. The Morgan fingerprint density at radius 1 is 1.05 bits per heavy atom. The predicted molar refractivity (Wildman–Crippen MR) is 137 cm³/mol. The number of anilines is 2. The Labute approximate surface area is 214 Å². The highest BCUT2D eigenvalue weighted by Crippen LogP contribution is 2.30. The van der Waals surface area contributed by atoms with Gasteiger partial charge < -0.3 is 14.8 Å². The summed E-state index contributed by atoms with van der Waals surface area (Å²) in [6.45, 7) is 6.62. The van der Waals surface area contributed by atoms with Gasteiger partial charge in [-0.2, -0.15) is 0 Å². The molecule has 0 radical (unpaired) electrons. The number of aromatic nitrogens is 5. The Balaban J connectivity index is 1.40. The highest BCUT2D eigenvalue weighted by atomic mass is 32.2. The number of benzene rings is 1. The van der Waals surface area contributed by atoms with Crippen LogP contribution in [0.3, 0.4) is 0 Å². The van der Waals surface area contributed by atoms with Crippen LogP contribution in [-0.2, 0) is 10.8 Å². The number of amides is 1. The number of hydrogen-bond acceptors (Lipinski definition) is 7. The molecule has 5 rings (SSSR count). The molecule has 1 aliphatic rings. The summed E-state index contributed by atoms with van der Waals surface area (Å²) in [7, 11) is -0.874. The molecular formula is C25H25F2N7O2S. The predicted octanol–water partition coefficient (Wildman–Crippen LogP) is 4.00. The van der Waals surface area contributed by atoms with E-state index in [0.29, 0.717) is 47.3 Å². The van der Waals surface area contributed by atoms with E-state index in [9.17, 15) is 17.8 Å². The lowest BCUT2D eigenvalue weighted by Gasteiger charge is -2.26. The van der Waals surface area contributed by atoms with Crippen LogP contribution in [0.4, 0.5) is 20.5 Å². The van der Waals surface area contributed by atoms with Gasteiger partial charge in [0.2, 0.25) is 5.95 Å². The number of hydrogen-bond donors (Lipinski definition) is 1. The van der Waals surface area contributed by atoms with E-state index in [1.807, 2.05) is 18.4 Å². The third-order valence-corrected chi connectivity index (χ3v) is 7.45. The minimum Gasteiger partial charge on any atom is -0.337 e. The van der Waals surface area contributed by atoms with Gasteiger partial charge in [-0.15, -0.1) is 0 Å². The maximum atomic E-state index is 14.9. The number of rotatable bonds is 5. The molecule has 1 saturated heterocycles. The molecule has 37 heavy (non-hydrogen) atoms. The second kappa shape index (κ2) is 9.92. The summed E-state index contributed by atoms with van der Waals surface area (Å²) in [5, 5.41) is 2.90. The molecule has 0 spiro atoms. The number of carbonyl (C=O) groups excluding carboxylic acids is 1. The van der Waals surface area contributed by atoms with E-state index in [-0.39, 0.29) is 34.7 Å². The molecule has 192 valence electrons. The first-order chi connectivity index (χ1) is 17.7. The second-order valence-electron chi connectivity index (χ2n) is 9.04. The summed E-state index contributed by atoms with van der Waals surface area (Å²) in [6.07, 6.45) is 2.44. The van der Waals surface area contributed by atoms with Crippen LogP contribution in [0.5, 0.6) is 0 Å². The number of nitrogens with zero attached hydrogens (tertiary/aromatic N) is 6. The molecule has 1 amide bonds. The van der Waals surface area contributed by atoms with Crippen LogP contribution < -0.4 is 5.32 Å². The van der Waals surface area contributed by atoms with Gasteiger partial charge >= 0.3 is 0 Å². The van der Waals surface area contributed by atoms with Crippen molar-refractivity contribution < 1.29 is 17.8 Å². The van der Waals surface area contributed by atoms with E-state index in [2.05, 4.69) is 25.3 Å².